The number of ether oxygens (including phenoxy) is 1. The van der Waals surface area contributed by atoms with Crippen molar-refractivity contribution in [1.29, 1.82) is 0 Å². The Morgan fingerprint density at radius 3 is 2.60 bits per heavy atom. The molecule has 0 aromatic heterocycles. The van der Waals surface area contributed by atoms with E-state index in [0.717, 1.165) is 0 Å². The van der Waals surface area contributed by atoms with Crippen LogP contribution in [0, 0.1) is 22.9 Å². The highest BCUT2D eigenvalue weighted by molar-refractivity contribution is 9.08. The Bertz CT molecular complexity index is 661. The number of para-hydroxylation sites is 2. The fourth-order valence-electron chi connectivity index (χ4n) is 1.79. The molecule has 20 heavy (non-hydrogen) atoms. The van der Waals surface area contributed by atoms with Crippen molar-refractivity contribution in [2.45, 2.75) is 12.3 Å². The molecule has 0 N–H and O–H groups in total. The van der Waals surface area contributed by atoms with Crippen LogP contribution in [0.4, 0.5) is 10.1 Å². The molecular weight excluding hydrogens is 329 g/mol. The second-order valence-electron chi connectivity index (χ2n) is 4.14. The van der Waals surface area contributed by atoms with Gasteiger partial charge in [-0.05, 0) is 18.6 Å². The molecule has 0 aliphatic carbocycles. The van der Waals surface area contributed by atoms with Gasteiger partial charge in [0, 0.05) is 17.0 Å². The number of rotatable bonds is 4. The van der Waals surface area contributed by atoms with Gasteiger partial charge in [-0.25, -0.2) is 4.39 Å². The lowest BCUT2D eigenvalue weighted by atomic mass is 10.2. The standard InChI is InChI=1S/C14H11BrFNO3/c1-9-4-2-7-12(17(18)19)13(9)20-14-10(8-15)5-3-6-11(14)16/h2-7H,8H2,1H3. The van der Waals surface area contributed by atoms with E-state index in [-0.39, 0.29) is 17.2 Å². The second kappa shape index (κ2) is 6.00. The summed E-state index contributed by atoms with van der Waals surface area (Å²) in [6.07, 6.45) is 0. The number of benzene rings is 2. The molecule has 0 bridgehead atoms. The van der Waals surface area contributed by atoms with Crippen LogP contribution in [0.2, 0.25) is 0 Å². The molecule has 0 aliphatic heterocycles. The van der Waals surface area contributed by atoms with Gasteiger partial charge in [0.2, 0.25) is 5.75 Å². The fraction of sp³-hybridized carbons (Fsp3) is 0.143. The lowest BCUT2D eigenvalue weighted by Crippen LogP contribution is -1.99. The Hall–Kier alpha value is -1.95. The summed E-state index contributed by atoms with van der Waals surface area (Å²) in [5, 5.41) is 11.4. The number of hydrogen-bond donors (Lipinski definition) is 0. The number of hydrogen-bond acceptors (Lipinski definition) is 3. The topological polar surface area (TPSA) is 52.4 Å². The van der Waals surface area contributed by atoms with Crippen LogP contribution >= 0.6 is 15.9 Å². The number of alkyl halides is 1. The van der Waals surface area contributed by atoms with Gasteiger partial charge in [0.05, 0.1) is 4.92 Å². The van der Waals surface area contributed by atoms with Crippen molar-refractivity contribution >= 4 is 21.6 Å². The maximum absolute atomic E-state index is 13.9. The molecule has 104 valence electrons. The van der Waals surface area contributed by atoms with Crippen LogP contribution in [0.25, 0.3) is 0 Å². The summed E-state index contributed by atoms with van der Waals surface area (Å²) >= 11 is 3.24. The first-order chi connectivity index (χ1) is 9.54. The molecule has 2 rings (SSSR count). The normalized spacial score (nSPS) is 10.3. The van der Waals surface area contributed by atoms with Crippen molar-refractivity contribution in [1.82, 2.24) is 0 Å². The lowest BCUT2D eigenvalue weighted by molar-refractivity contribution is -0.385. The van der Waals surface area contributed by atoms with Crippen LogP contribution in [0.1, 0.15) is 11.1 Å². The van der Waals surface area contributed by atoms with E-state index in [0.29, 0.717) is 16.5 Å². The smallest absolute Gasteiger partial charge is 0.311 e. The minimum absolute atomic E-state index is 0.00164. The van der Waals surface area contributed by atoms with Crippen LogP contribution in [0.15, 0.2) is 36.4 Å². The zero-order valence-electron chi connectivity index (χ0n) is 10.6. The van der Waals surface area contributed by atoms with Crippen LogP contribution in [0.3, 0.4) is 0 Å². The van der Waals surface area contributed by atoms with Gasteiger partial charge in [0.15, 0.2) is 11.6 Å². The zero-order chi connectivity index (χ0) is 14.7. The minimum atomic E-state index is -0.556. The van der Waals surface area contributed by atoms with E-state index >= 15 is 0 Å². The molecule has 0 aliphatic rings. The van der Waals surface area contributed by atoms with E-state index in [1.807, 2.05) is 0 Å². The summed E-state index contributed by atoms with van der Waals surface area (Å²) < 4.78 is 19.4. The average molecular weight is 340 g/mol. The molecule has 6 heteroatoms. The van der Waals surface area contributed by atoms with Crippen molar-refractivity contribution in [3.63, 3.8) is 0 Å². The Kier molecular flexibility index (Phi) is 4.34. The van der Waals surface area contributed by atoms with Crippen LogP contribution in [-0.2, 0) is 5.33 Å². The van der Waals surface area contributed by atoms with E-state index < -0.39 is 10.7 Å². The summed E-state index contributed by atoms with van der Waals surface area (Å²) in [4.78, 5) is 10.5. The molecular formula is C14H11BrFNO3. The fourth-order valence-corrected chi connectivity index (χ4v) is 2.23. The van der Waals surface area contributed by atoms with Gasteiger partial charge in [0.1, 0.15) is 0 Å². The minimum Gasteiger partial charge on any atom is -0.446 e. The molecule has 0 unspecified atom stereocenters. The van der Waals surface area contributed by atoms with E-state index in [1.54, 1.807) is 31.2 Å². The largest absolute Gasteiger partial charge is 0.446 e. The van der Waals surface area contributed by atoms with Gasteiger partial charge in [-0.3, -0.25) is 10.1 Å². The highest BCUT2D eigenvalue weighted by Crippen LogP contribution is 2.37. The molecule has 4 nitrogen and oxygen atoms in total. The summed E-state index contributed by atoms with van der Waals surface area (Å²) in [5.74, 6) is -0.494. The number of nitro groups is 1. The van der Waals surface area contributed by atoms with Crippen molar-refractivity contribution in [3.8, 4) is 11.5 Å². The van der Waals surface area contributed by atoms with Crippen LogP contribution < -0.4 is 4.74 Å². The Morgan fingerprint density at radius 1 is 1.25 bits per heavy atom. The summed E-state index contributed by atoms with van der Waals surface area (Å²) in [5.41, 5.74) is 0.972. The third kappa shape index (κ3) is 2.80. The average Bonchev–Trinajstić information content (AvgIpc) is 2.42. The monoisotopic (exact) mass is 339 g/mol. The quantitative estimate of drug-likeness (QED) is 0.459. The first-order valence-electron chi connectivity index (χ1n) is 5.79. The van der Waals surface area contributed by atoms with Gasteiger partial charge >= 0.3 is 5.69 Å². The number of halogens is 2. The zero-order valence-corrected chi connectivity index (χ0v) is 12.2. The lowest BCUT2D eigenvalue weighted by Gasteiger charge is -2.12. The van der Waals surface area contributed by atoms with Crippen molar-refractivity contribution < 1.29 is 14.1 Å². The SMILES string of the molecule is Cc1cccc([N+](=O)[O-])c1Oc1c(F)cccc1CBr. The van der Waals surface area contributed by atoms with E-state index in [2.05, 4.69) is 15.9 Å². The Morgan fingerprint density at radius 2 is 1.95 bits per heavy atom. The predicted molar refractivity (Wildman–Crippen MR) is 76.9 cm³/mol. The van der Waals surface area contributed by atoms with E-state index in [9.17, 15) is 14.5 Å². The van der Waals surface area contributed by atoms with Gasteiger partial charge < -0.3 is 4.74 Å². The first kappa shape index (κ1) is 14.5. The molecule has 0 radical (unpaired) electrons. The molecule has 0 heterocycles. The molecule has 0 fully saturated rings. The summed E-state index contributed by atoms with van der Waals surface area (Å²) in [6, 6.07) is 9.08. The first-order valence-corrected chi connectivity index (χ1v) is 6.92. The Balaban J connectivity index is 2.53. The third-order valence-corrected chi connectivity index (χ3v) is 3.39. The van der Waals surface area contributed by atoms with Crippen LogP contribution in [0.5, 0.6) is 11.5 Å². The highest BCUT2D eigenvalue weighted by Gasteiger charge is 2.20. The third-order valence-electron chi connectivity index (χ3n) is 2.78. The maximum atomic E-state index is 13.9. The van der Waals surface area contributed by atoms with Gasteiger partial charge in [-0.2, -0.15) is 0 Å². The van der Waals surface area contributed by atoms with E-state index in [4.69, 9.17) is 4.74 Å². The second-order valence-corrected chi connectivity index (χ2v) is 4.70. The van der Waals surface area contributed by atoms with Crippen molar-refractivity contribution in [2.75, 3.05) is 0 Å². The molecule has 0 saturated carbocycles. The van der Waals surface area contributed by atoms with Crippen molar-refractivity contribution in [2.24, 2.45) is 0 Å². The highest BCUT2D eigenvalue weighted by atomic mass is 79.9. The summed E-state index contributed by atoms with van der Waals surface area (Å²) in [6.45, 7) is 1.68. The number of aryl methyl sites for hydroxylation is 1. The van der Waals surface area contributed by atoms with E-state index in [1.165, 1.54) is 12.1 Å². The van der Waals surface area contributed by atoms with Crippen molar-refractivity contribution in [3.05, 3.63) is 63.5 Å². The van der Waals surface area contributed by atoms with Gasteiger partial charge in [0.25, 0.3) is 0 Å². The Labute approximate surface area is 123 Å². The molecule has 0 spiro atoms. The molecule has 0 saturated heterocycles. The van der Waals surface area contributed by atoms with Crippen LogP contribution in [-0.4, -0.2) is 4.92 Å². The number of nitro benzene ring substituents is 1. The van der Waals surface area contributed by atoms with Gasteiger partial charge in [-0.1, -0.05) is 40.2 Å². The maximum Gasteiger partial charge on any atom is 0.311 e. The molecule has 2 aromatic carbocycles. The molecule has 0 amide bonds. The predicted octanol–water partition coefficient (Wildman–Crippen LogP) is 4.73. The molecule has 2 aromatic rings. The summed E-state index contributed by atoms with van der Waals surface area (Å²) in [7, 11) is 0. The molecule has 0 atom stereocenters. The number of nitrogens with zero attached hydrogens (tertiary/aromatic N) is 1. The van der Waals surface area contributed by atoms with Gasteiger partial charge in [-0.15, -0.1) is 0 Å².